The summed E-state index contributed by atoms with van der Waals surface area (Å²) in [6.45, 7) is 3.80. The zero-order valence-corrected chi connectivity index (χ0v) is 13.5. The van der Waals surface area contributed by atoms with Gasteiger partial charge in [-0.1, -0.05) is 19.4 Å². The molecule has 0 amide bonds. The minimum absolute atomic E-state index is 0.0499. The number of nitrogens with zero attached hydrogens (tertiary/aromatic N) is 2. The highest BCUT2D eigenvalue weighted by Crippen LogP contribution is 2.24. The van der Waals surface area contributed by atoms with Crippen molar-refractivity contribution in [3.05, 3.63) is 22.4 Å². The summed E-state index contributed by atoms with van der Waals surface area (Å²) in [7, 11) is -3.42. The van der Waals surface area contributed by atoms with E-state index in [1.807, 2.05) is 24.4 Å². The van der Waals surface area contributed by atoms with Crippen molar-refractivity contribution in [3.63, 3.8) is 0 Å². The molecule has 0 aromatic carbocycles. The van der Waals surface area contributed by atoms with Gasteiger partial charge in [0.1, 0.15) is 0 Å². The van der Waals surface area contributed by atoms with Gasteiger partial charge in [-0.05, 0) is 24.3 Å². The maximum atomic E-state index is 12.8. The molecule has 0 bridgehead atoms. The van der Waals surface area contributed by atoms with E-state index in [4.69, 9.17) is 5.73 Å². The van der Waals surface area contributed by atoms with Gasteiger partial charge in [0.2, 0.25) is 0 Å². The van der Waals surface area contributed by atoms with Crippen LogP contribution in [0.4, 0.5) is 0 Å². The second-order valence-electron chi connectivity index (χ2n) is 5.01. The number of nitrogens with two attached hydrogens (primary N) is 1. The fourth-order valence-corrected chi connectivity index (χ4v) is 5.25. The van der Waals surface area contributed by atoms with E-state index in [1.54, 1.807) is 19.9 Å². The smallest absolute Gasteiger partial charge is 0.282 e. The Kier molecular flexibility index (Phi) is 5.57. The maximum Gasteiger partial charge on any atom is 0.282 e. The maximum absolute atomic E-state index is 12.8. The molecule has 1 aliphatic rings. The van der Waals surface area contributed by atoms with Crippen LogP contribution in [0.15, 0.2) is 17.5 Å². The summed E-state index contributed by atoms with van der Waals surface area (Å²) in [6.07, 6.45) is 2.85. The number of thiophene rings is 1. The summed E-state index contributed by atoms with van der Waals surface area (Å²) < 4.78 is 28.8. The van der Waals surface area contributed by atoms with Crippen LogP contribution >= 0.6 is 11.3 Å². The second kappa shape index (κ2) is 7.00. The molecule has 114 valence electrons. The van der Waals surface area contributed by atoms with Crippen molar-refractivity contribution >= 4 is 21.5 Å². The van der Waals surface area contributed by atoms with Crippen molar-refractivity contribution in [2.24, 2.45) is 5.73 Å². The summed E-state index contributed by atoms with van der Waals surface area (Å²) in [4.78, 5) is 1.07. The third kappa shape index (κ3) is 3.40. The lowest BCUT2D eigenvalue weighted by molar-refractivity contribution is 0.235. The van der Waals surface area contributed by atoms with Gasteiger partial charge in [-0.15, -0.1) is 11.3 Å². The monoisotopic (exact) mass is 317 g/mol. The molecule has 1 fully saturated rings. The van der Waals surface area contributed by atoms with E-state index in [0.717, 1.165) is 24.1 Å². The van der Waals surface area contributed by atoms with Crippen molar-refractivity contribution in [3.8, 4) is 0 Å². The molecule has 2 N–H and O–H groups in total. The van der Waals surface area contributed by atoms with Gasteiger partial charge in [0, 0.05) is 37.1 Å². The standard InChI is InChI=1S/C13H23N3O2S2/c1-2-15(11-13-7-5-9-19-13)20(17,18)16-8-4-3-6-12(16)10-14/h5,7,9,12H,2-4,6,8,10-11,14H2,1H3. The van der Waals surface area contributed by atoms with Gasteiger partial charge in [0.05, 0.1) is 0 Å². The van der Waals surface area contributed by atoms with Crippen LogP contribution in [0.25, 0.3) is 0 Å². The number of piperidine rings is 1. The normalized spacial score (nSPS) is 21.4. The van der Waals surface area contributed by atoms with Crippen LogP contribution in [-0.4, -0.2) is 42.7 Å². The molecule has 7 heteroatoms. The summed E-state index contributed by atoms with van der Waals surface area (Å²) in [5.74, 6) is 0. The third-order valence-electron chi connectivity index (χ3n) is 3.73. The molecule has 1 atom stereocenters. The minimum atomic E-state index is -3.42. The molecule has 0 aliphatic carbocycles. The van der Waals surface area contributed by atoms with Crippen LogP contribution < -0.4 is 5.73 Å². The molecule has 0 radical (unpaired) electrons. The average molecular weight is 317 g/mol. The van der Waals surface area contributed by atoms with Crippen LogP contribution in [0.3, 0.4) is 0 Å². The van der Waals surface area contributed by atoms with Crippen LogP contribution in [0, 0.1) is 0 Å². The Hall–Kier alpha value is -0.470. The Labute approximate surface area is 125 Å². The SMILES string of the molecule is CCN(Cc1cccs1)S(=O)(=O)N1CCCCC1CN. The fraction of sp³-hybridized carbons (Fsp3) is 0.692. The Morgan fingerprint density at radius 2 is 2.30 bits per heavy atom. The lowest BCUT2D eigenvalue weighted by Gasteiger charge is -2.37. The van der Waals surface area contributed by atoms with E-state index in [9.17, 15) is 8.42 Å². The summed E-state index contributed by atoms with van der Waals surface area (Å²) in [5.41, 5.74) is 5.75. The highest BCUT2D eigenvalue weighted by Gasteiger charge is 2.35. The van der Waals surface area contributed by atoms with Gasteiger partial charge in [-0.3, -0.25) is 0 Å². The van der Waals surface area contributed by atoms with E-state index in [2.05, 4.69) is 0 Å². The number of hydrogen-bond acceptors (Lipinski definition) is 4. The Morgan fingerprint density at radius 1 is 1.50 bits per heavy atom. The molecule has 5 nitrogen and oxygen atoms in total. The first-order chi connectivity index (χ1) is 9.59. The zero-order valence-electron chi connectivity index (χ0n) is 11.9. The summed E-state index contributed by atoms with van der Waals surface area (Å²) in [5, 5.41) is 1.97. The topological polar surface area (TPSA) is 66.6 Å². The van der Waals surface area contributed by atoms with E-state index >= 15 is 0 Å². The first-order valence-corrected chi connectivity index (χ1v) is 9.36. The van der Waals surface area contributed by atoms with E-state index in [-0.39, 0.29) is 6.04 Å². The van der Waals surface area contributed by atoms with Gasteiger partial charge in [0.25, 0.3) is 10.2 Å². The van der Waals surface area contributed by atoms with Gasteiger partial charge in [-0.2, -0.15) is 17.0 Å². The molecule has 1 aliphatic heterocycles. The first-order valence-electron chi connectivity index (χ1n) is 7.09. The molecule has 1 unspecified atom stereocenters. The van der Waals surface area contributed by atoms with Crippen molar-refractivity contribution in [1.29, 1.82) is 0 Å². The molecular weight excluding hydrogens is 294 g/mol. The van der Waals surface area contributed by atoms with Gasteiger partial charge in [0.15, 0.2) is 0 Å². The van der Waals surface area contributed by atoms with Crippen molar-refractivity contribution < 1.29 is 8.42 Å². The first kappa shape index (κ1) is 15.9. The van der Waals surface area contributed by atoms with E-state index in [0.29, 0.717) is 26.2 Å². The number of rotatable bonds is 6. The Balaban J connectivity index is 2.17. The molecule has 0 spiro atoms. The molecule has 2 heterocycles. The lowest BCUT2D eigenvalue weighted by atomic mass is 10.1. The van der Waals surface area contributed by atoms with Crippen LogP contribution in [-0.2, 0) is 16.8 Å². The summed E-state index contributed by atoms with van der Waals surface area (Å²) >= 11 is 1.59. The van der Waals surface area contributed by atoms with Crippen molar-refractivity contribution in [2.45, 2.75) is 38.8 Å². The Morgan fingerprint density at radius 3 is 2.90 bits per heavy atom. The fourth-order valence-electron chi connectivity index (χ4n) is 2.59. The predicted octanol–water partition coefficient (Wildman–Crippen LogP) is 1.63. The predicted molar refractivity (Wildman–Crippen MR) is 82.7 cm³/mol. The highest BCUT2D eigenvalue weighted by atomic mass is 32.2. The zero-order chi connectivity index (χ0) is 14.6. The molecule has 1 saturated heterocycles. The quantitative estimate of drug-likeness (QED) is 0.867. The van der Waals surface area contributed by atoms with Crippen LogP contribution in [0.5, 0.6) is 0 Å². The summed E-state index contributed by atoms with van der Waals surface area (Å²) in [6, 6.07) is 3.87. The molecule has 1 aromatic heterocycles. The Bertz CT molecular complexity index is 502. The average Bonchev–Trinajstić information content (AvgIpc) is 2.97. The van der Waals surface area contributed by atoms with Gasteiger partial charge < -0.3 is 5.73 Å². The molecule has 2 rings (SSSR count). The van der Waals surface area contributed by atoms with Gasteiger partial charge in [-0.25, -0.2) is 0 Å². The third-order valence-corrected chi connectivity index (χ3v) is 6.71. The van der Waals surface area contributed by atoms with E-state index in [1.165, 1.54) is 0 Å². The molecular formula is C13H23N3O2S2. The number of hydrogen-bond donors (Lipinski definition) is 1. The molecule has 20 heavy (non-hydrogen) atoms. The largest absolute Gasteiger partial charge is 0.329 e. The van der Waals surface area contributed by atoms with Crippen molar-refractivity contribution in [1.82, 2.24) is 8.61 Å². The molecule has 0 saturated carbocycles. The minimum Gasteiger partial charge on any atom is -0.329 e. The van der Waals surface area contributed by atoms with E-state index < -0.39 is 10.2 Å². The molecule has 1 aromatic rings. The lowest BCUT2D eigenvalue weighted by Crippen LogP contribution is -2.52. The van der Waals surface area contributed by atoms with Crippen molar-refractivity contribution in [2.75, 3.05) is 19.6 Å². The van der Waals surface area contributed by atoms with Crippen LogP contribution in [0.1, 0.15) is 31.1 Å². The van der Waals surface area contributed by atoms with Crippen LogP contribution in [0.2, 0.25) is 0 Å². The highest BCUT2D eigenvalue weighted by molar-refractivity contribution is 7.86. The van der Waals surface area contributed by atoms with Gasteiger partial charge >= 0.3 is 0 Å². The second-order valence-corrected chi connectivity index (χ2v) is 7.92.